The quantitative estimate of drug-likeness (QED) is 0.469. The van der Waals surface area contributed by atoms with Crippen LogP contribution in [0.4, 0.5) is 0 Å². The summed E-state index contributed by atoms with van der Waals surface area (Å²) in [6, 6.07) is 27.1. The maximum Gasteiger partial charge on any atom is 0.257 e. The van der Waals surface area contributed by atoms with Gasteiger partial charge >= 0.3 is 0 Å². The first kappa shape index (κ1) is 20.1. The normalized spacial score (nSPS) is 11.9. The molecule has 0 aliphatic rings. The number of fused-ring (bicyclic) bond motifs is 1. The van der Waals surface area contributed by atoms with Crippen LogP contribution >= 0.6 is 0 Å². The number of hydrogen-bond acceptors (Lipinski definition) is 3. The summed E-state index contributed by atoms with van der Waals surface area (Å²) >= 11 is -1.39. The minimum Gasteiger partial charge on any atom is -0.612 e. The van der Waals surface area contributed by atoms with E-state index >= 15 is 0 Å². The predicted molar refractivity (Wildman–Crippen MR) is 122 cm³/mol. The van der Waals surface area contributed by atoms with Gasteiger partial charge in [0.15, 0.2) is 4.90 Å². The molecule has 0 fully saturated rings. The van der Waals surface area contributed by atoms with Crippen LogP contribution in [0, 0.1) is 0 Å². The zero-order valence-corrected chi connectivity index (χ0v) is 17.5. The molecule has 4 aromatic rings. The zero-order chi connectivity index (χ0) is 20.9. The summed E-state index contributed by atoms with van der Waals surface area (Å²) in [5, 5.41) is 3.72. The van der Waals surface area contributed by atoms with Gasteiger partial charge in [-0.25, -0.2) is 4.98 Å². The van der Waals surface area contributed by atoms with E-state index in [9.17, 15) is 9.35 Å². The first-order valence-electron chi connectivity index (χ1n) is 9.79. The van der Waals surface area contributed by atoms with Crippen LogP contribution in [0.1, 0.15) is 15.9 Å². The summed E-state index contributed by atoms with van der Waals surface area (Å²) in [6.07, 6.45) is 2.32. The Bertz CT molecular complexity index is 1160. The third kappa shape index (κ3) is 4.22. The minimum absolute atomic E-state index is 0.230. The number of carbonyl (C=O) groups excluding carboxylic acids is 1. The average Bonchev–Trinajstić information content (AvgIpc) is 2.79. The Kier molecular flexibility index (Phi) is 6.12. The molecule has 1 atom stereocenters. The summed E-state index contributed by atoms with van der Waals surface area (Å²) in [7, 11) is 0. The fourth-order valence-electron chi connectivity index (χ4n) is 3.54. The van der Waals surface area contributed by atoms with Gasteiger partial charge in [0, 0.05) is 17.5 Å². The summed E-state index contributed by atoms with van der Waals surface area (Å²) in [6.45, 7) is 0.496. The van der Waals surface area contributed by atoms with Crippen molar-refractivity contribution in [3.63, 3.8) is 0 Å². The first-order chi connectivity index (χ1) is 14.6. The van der Waals surface area contributed by atoms with Gasteiger partial charge in [0.2, 0.25) is 0 Å². The Hall–Kier alpha value is -3.15. The van der Waals surface area contributed by atoms with Crippen molar-refractivity contribution in [1.29, 1.82) is 0 Å². The number of hydrogen-bond donors (Lipinski definition) is 1. The maximum atomic E-state index is 13.3. The van der Waals surface area contributed by atoms with Gasteiger partial charge in [-0.3, -0.25) is 4.79 Å². The molecule has 0 radical (unpaired) electrons. The lowest BCUT2D eigenvalue weighted by atomic mass is 10.0. The molecule has 0 spiro atoms. The zero-order valence-electron chi connectivity index (χ0n) is 16.7. The highest BCUT2D eigenvalue weighted by molar-refractivity contribution is 7.91. The van der Waals surface area contributed by atoms with Gasteiger partial charge < -0.3 is 9.87 Å². The van der Waals surface area contributed by atoms with Gasteiger partial charge in [0.25, 0.3) is 5.91 Å². The van der Waals surface area contributed by atoms with Crippen molar-refractivity contribution in [1.82, 2.24) is 10.3 Å². The Labute approximate surface area is 179 Å². The van der Waals surface area contributed by atoms with Gasteiger partial charge in [-0.2, -0.15) is 0 Å². The molecule has 0 bridgehead atoms. The number of nitrogens with one attached hydrogen (secondary N) is 1. The lowest BCUT2D eigenvalue weighted by molar-refractivity contribution is 0.0952. The largest absolute Gasteiger partial charge is 0.612 e. The molecule has 1 heterocycles. The van der Waals surface area contributed by atoms with E-state index in [4.69, 9.17) is 4.98 Å². The number of para-hydroxylation sites is 1. The molecule has 1 unspecified atom stereocenters. The highest BCUT2D eigenvalue weighted by atomic mass is 32.2. The summed E-state index contributed by atoms with van der Waals surface area (Å²) in [5.41, 5.74) is 3.73. The Balaban J connectivity index is 1.77. The SMILES string of the molecule is C[S+]([O-])c1c(-c2ccccc2)nc2ccccc2c1C(=O)NCCc1ccccc1. The summed E-state index contributed by atoms with van der Waals surface area (Å²) in [4.78, 5) is 18.5. The van der Waals surface area contributed by atoms with Crippen molar-refractivity contribution in [2.24, 2.45) is 0 Å². The molecular weight excluding hydrogens is 392 g/mol. The molecule has 0 saturated carbocycles. The average molecular weight is 415 g/mol. The van der Waals surface area contributed by atoms with Gasteiger partial charge in [0.05, 0.1) is 5.52 Å². The highest BCUT2D eigenvalue weighted by Crippen LogP contribution is 2.33. The van der Waals surface area contributed by atoms with Crippen molar-refractivity contribution in [3.8, 4) is 11.3 Å². The number of carbonyl (C=O) groups is 1. The van der Waals surface area contributed by atoms with E-state index < -0.39 is 11.2 Å². The number of nitrogens with zero attached hydrogens (tertiary/aromatic N) is 1. The minimum atomic E-state index is -1.39. The van der Waals surface area contributed by atoms with E-state index in [0.717, 1.165) is 17.5 Å². The lowest BCUT2D eigenvalue weighted by Gasteiger charge is -2.17. The van der Waals surface area contributed by atoms with Gasteiger partial charge in [-0.05, 0) is 29.2 Å². The Morgan fingerprint density at radius 2 is 1.57 bits per heavy atom. The molecule has 0 aliphatic carbocycles. The fourth-order valence-corrected chi connectivity index (χ4v) is 4.47. The molecule has 1 amide bonds. The van der Waals surface area contributed by atoms with Crippen LogP contribution in [0.3, 0.4) is 0 Å². The second-order valence-corrected chi connectivity index (χ2v) is 8.31. The van der Waals surface area contributed by atoms with E-state index in [1.165, 1.54) is 0 Å². The van der Waals surface area contributed by atoms with Gasteiger partial charge in [-0.1, -0.05) is 78.9 Å². The number of pyridine rings is 1. The molecule has 5 heteroatoms. The number of amides is 1. The van der Waals surface area contributed by atoms with Gasteiger partial charge in [0.1, 0.15) is 17.5 Å². The lowest BCUT2D eigenvalue weighted by Crippen LogP contribution is -2.28. The van der Waals surface area contributed by atoms with Crippen molar-refractivity contribution in [3.05, 3.63) is 96.1 Å². The molecule has 4 rings (SSSR count). The fraction of sp³-hybridized carbons (Fsp3) is 0.120. The Morgan fingerprint density at radius 1 is 0.933 bits per heavy atom. The molecule has 0 saturated heterocycles. The van der Waals surface area contributed by atoms with Crippen molar-refractivity contribution in [2.45, 2.75) is 11.3 Å². The Morgan fingerprint density at radius 3 is 2.27 bits per heavy atom. The van der Waals surface area contributed by atoms with Crippen molar-refractivity contribution < 1.29 is 9.35 Å². The molecule has 1 N–H and O–H groups in total. The maximum absolute atomic E-state index is 13.3. The number of rotatable bonds is 6. The molecular formula is C25H22N2O2S. The smallest absolute Gasteiger partial charge is 0.257 e. The van der Waals surface area contributed by atoms with E-state index in [1.54, 1.807) is 6.26 Å². The molecule has 4 nitrogen and oxygen atoms in total. The van der Waals surface area contributed by atoms with Crippen molar-refractivity contribution >= 4 is 28.0 Å². The van der Waals surface area contributed by atoms with Crippen LogP contribution in [0.15, 0.2) is 89.8 Å². The number of aromatic nitrogens is 1. The van der Waals surface area contributed by atoms with Crippen LogP contribution < -0.4 is 5.32 Å². The second-order valence-electron chi connectivity index (χ2n) is 6.99. The van der Waals surface area contributed by atoms with Crippen LogP contribution in [0.2, 0.25) is 0 Å². The van der Waals surface area contributed by atoms with Crippen LogP contribution in [-0.4, -0.2) is 28.2 Å². The van der Waals surface area contributed by atoms with Crippen LogP contribution in [-0.2, 0) is 17.6 Å². The molecule has 0 aliphatic heterocycles. The topological polar surface area (TPSA) is 65.0 Å². The molecule has 150 valence electrons. The van der Waals surface area contributed by atoms with Gasteiger partial charge in [-0.15, -0.1) is 0 Å². The van der Waals surface area contributed by atoms with E-state index in [0.29, 0.717) is 33.6 Å². The third-order valence-corrected chi connectivity index (χ3v) is 5.92. The van der Waals surface area contributed by atoms with E-state index in [2.05, 4.69) is 5.32 Å². The predicted octanol–water partition coefficient (Wildman–Crippen LogP) is 4.61. The highest BCUT2D eigenvalue weighted by Gasteiger charge is 2.27. The molecule has 3 aromatic carbocycles. The monoisotopic (exact) mass is 414 g/mol. The van der Waals surface area contributed by atoms with Crippen LogP contribution in [0.5, 0.6) is 0 Å². The summed E-state index contributed by atoms with van der Waals surface area (Å²) < 4.78 is 12.8. The standard InChI is InChI=1S/C25H22N2O2S/c1-30(29)24-22(25(28)26-17-16-18-10-4-2-5-11-18)20-14-8-9-15-21(20)27-23(24)19-12-6-3-7-13-19/h2-15H,16-17H2,1H3,(H,26,28). The second kappa shape index (κ2) is 9.11. The van der Waals surface area contributed by atoms with Crippen molar-refractivity contribution in [2.75, 3.05) is 12.8 Å². The number of benzene rings is 3. The van der Waals surface area contributed by atoms with Crippen LogP contribution in [0.25, 0.3) is 22.2 Å². The summed E-state index contributed by atoms with van der Waals surface area (Å²) in [5.74, 6) is -0.230. The van der Waals surface area contributed by atoms with E-state index in [1.807, 2.05) is 84.9 Å². The third-order valence-electron chi connectivity index (χ3n) is 4.95. The molecule has 30 heavy (non-hydrogen) atoms. The van der Waals surface area contributed by atoms with E-state index in [-0.39, 0.29) is 5.91 Å². The first-order valence-corrected chi connectivity index (χ1v) is 11.3. The molecule has 1 aromatic heterocycles.